The number of benzene rings is 1. The van der Waals surface area contributed by atoms with Crippen LogP contribution in [0.3, 0.4) is 0 Å². The lowest BCUT2D eigenvalue weighted by Gasteiger charge is -2.12. The molecule has 0 atom stereocenters. The summed E-state index contributed by atoms with van der Waals surface area (Å²) in [4.78, 5) is 7.52. The second-order valence-electron chi connectivity index (χ2n) is 4.76. The summed E-state index contributed by atoms with van der Waals surface area (Å²) in [7, 11) is 1.46. The Bertz CT molecular complexity index is 845. The molecule has 6 nitrogen and oxygen atoms in total. The first kappa shape index (κ1) is 15.2. The summed E-state index contributed by atoms with van der Waals surface area (Å²) in [6.07, 6.45) is -4.67. The predicted molar refractivity (Wildman–Crippen MR) is 76.3 cm³/mol. The fraction of sp³-hybridized carbons (Fsp3) is 0.214. The molecule has 1 aromatic carbocycles. The Morgan fingerprint density at radius 1 is 1.17 bits per heavy atom. The van der Waals surface area contributed by atoms with Gasteiger partial charge < -0.3 is 10.5 Å². The number of aromatic nitrogens is 4. The van der Waals surface area contributed by atoms with Crippen LogP contribution in [0, 0.1) is 0 Å². The molecule has 0 unspecified atom stereocenters. The van der Waals surface area contributed by atoms with E-state index >= 15 is 0 Å². The molecular weight excluding hydrogens is 311 g/mol. The summed E-state index contributed by atoms with van der Waals surface area (Å²) in [5, 5.41) is 3.42. The van der Waals surface area contributed by atoms with E-state index in [0.29, 0.717) is 16.8 Å². The normalized spacial score (nSPS) is 12.0. The number of rotatable bonds is 3. The van der Waals surface area contributed by atoms with E-state index in [4.69, 9.17) is 10.5 Å². The van der Waals surface area contributed by atoms with Gasteiger partial charge in [0, 0.05) is 12.7 Å². The quantitative estimate of drug-likeness (QED) is 0.801. The fourth-order valence-corrected chi connectivity index (χ4v) is 2.25. The Morgan fingerprint density at radius 2 is 1.87 bits per heavy atom. The largest absolute Gasteiger partial charge is 0.453 e. The van der Waals surface area contributed by atoms with Crippen LogP contribution in [0.15, 0.2) is 30.3 Å². The molecule has 0 aliphatic carbocycles. The molecule has 3 aromatic rings. The number of nitrogens with zero attached hydrogens (tertiary/aromatic N) is 4. The number of anilines is 1. The number of alkyl halides is 3. The average molecular weight is 323 g/mol. The number of halogens is 3. The molecule has 0 saturated heterocycles. The number of nitrogen functional groups attached to an aromatic ring is 1. The van der Waals surface area contributed by atoms with Crippen molar-refractivity contribution in [1.82, 2.24) is 19.6 Å². The highest BCUT2D eigenvalue weighted by Gasteiger charge is 2.37. The highest BCUT2D eigenvalue weighted by molar-refractivity contribution is 5.77. The Morgan fingerprint density at radius 3 is 2.48 bits per heavy atom. The van der Waals surface area contributed by atoms with Crippen LogP contribution >= 0.6 is 0 Å². The molecule has 2 aromatic heterocycles. The van der Waals surface area contributed by atoms with Crippen molar-refractivity contribution >= 4 is 11.6 Å². The summed E-state index contributed by atoms with van der Waals surface area (Å²) >= 11 is 0. The highest BCUT2D eigenvalue weighted by atomic mass is 19.4. The van der Waals surface area contributed by atoms with Crippen molar-refractivity contribution in [3.05, 3.63) is 41.9 Å². The maximum Gasteiger partial charge on any atom is 0.453 e. The highest BCUT2D eigenvalue weighted by Crippen LogP contribution is 2.32. The topological polar surface area (TPSA) is 78.3 Å². The van der Waals surface area contributed by atoms with Crippen molar-refractivity contribution in [2.45, 2.75) is 12.8 Å². The Hall–Kier alpha value is -2.68. The van der Waals surface area contributed by atoms with Crippen LogP contribution in [0.5, 0.6) is 0 Å². The predicted octanol–water partition coefficient (Wildman–Crippen LogP) is 2.54. The molecule has 0 bridgehead atoms. The molecule has 23 heavy (non-hydrogen) atoms. The number of ether oxygens (including phenoxy) is 1. The lowest BCUT2D eigenvalue weighted by molar-refractivity contribution is -0.144. The molecule has 0 spiro atoms. The van der Waals surface area contributed by atoms with Gasteiger partial charge >= 0.3 is 6.18 Å². The number of methoxy groups -OCH3 is 1. The van der Waals surface area contributed by atoms with Crippen molar-refractivity contribution in [3.63, 3.8) is 0 Å². The van der Waals surface area contributed by atoms with E-state index in [1.807, 2.05) is 6.07 Å². The van der Waals surface area contributed by atoms with Crippen molar-refractivity contribution in [1.29, 1.82) is 0 Å². The van der Waals surface area contributed by atoms with Crippen LogP contribution in [-0.4, -0.2) is 26.7 Å². The molecular formula is C14H12F3N5O. The standard InChI is InChI=1S/C14H12F3N5O/c1-23-7-9-10(8-5-3-2-4-6-8)11(18)22-13(19-9)20-12(21-22)14(15,16)17/h2-6H,7,18H2,1H3. The van der Waals surface area contributed by atoms with Crippen molar-refractivity contribution < 1.29 is 17.9 Å². The lowest BCUT2D eigenvalue weighted by Crippen LogP contribution is -2.09. The van der Waals surface area contributed by atoms with Gasteiger partial charge in [-0.25, -0.2) is 4.98 Å². The fourth-order valence-electron chi connectivity index (χ4n) is 2.25. The zero-order valence-electron chi connectivity index (χ0n) is 12.0. The van der Waals surface area contributed by atoms with Crippen LogP contribution in [0.25, 0.3) is 16.9 Å². The summed E-state index contributed by atoms with van der Waals surface area (Å²) in [6, 6.07) is 8.95. The van der Waals surface area contributed by atoms with Crippen molar-refractivity contribution in [2.75, 3.05) is 12.8 Å². The first-order valence-corrected chi connectivity index (χ1v) is 6.58. The molecule has 0 aliphatic heterocycles. The molecule has 3 rings (SSSR count). The van der Waals surface area contributed by atoms with E-state index in [-0.39, 0.29) is 18.2 Å². The number of hydrogen-bond acceptors (Lipinski definition) is 5. The Labute approximate surface area is 128 Å². The van der Waals surface area contributed by atoms with E-state index in [1.165, 1.54) is 7.11 Å². The second kappa shape index (κ2) is 5.51. The zero-order chi connectivity index (χ0) is 16.6. The molecule has 0 saturated carbocycles. The third-order valence-electron chi connectivity index (χ3n) is 3.19. The summed E-state index contributed by atoms with van der Waals surface area (Å²) in [5.74, 6) is -1.48. The average Bonchev–Trinajstić information content (AvgIpc) is 2.93. The molecule has 0 aliphatic rings. The van der Waals surface area contributed by atoms with Crippen molar-refractivity contribution in [2.24, 2.45) is 0 Å². The molecule has 2 N–H and O–H groups in total. The van der Waals surface area contributed by atoms with Gasteiger partial charge in [0.1, 0.15) is 5.82 Å². The van der Waals surface area contributed by atoms with Crippen LogP contribution in [0.4, 0.5) is 19.0 Å². The molecule has 120 valence electrons. The maximum atomic E-state index is 12.8. The van der Waals surface area contributed by atoms with Crippen LogP contribution < -0.4 is 5.73 Å². The van der Waals surface area contributed by atoms with Gasteiger partial charge in [0.05, 0.1) is 12.3 Å². The minimum atomic E-state index is -4.67. The van der Waals surface area contributed by atoms with Crippen molar-refractivity contribution in [3.8, 4) is 11.1 Å². The molecule has 0 amide bonds. The second-order valence-corrected chi connectivity index (χ2v) is 4.76. The Kier molecular flexibility index (Phi) is 3.64. The molecule has 9 heteroatoms. The monoisotopic (exact) mass is 323 g/mol. The third-order valence-corrected chi connectivity index (χ3v) is 3.19. The van der Waals surface area contributed by atoms with Crippen LogP contribution in [0.1, 0.15) is 11.5 Å². The van der Waals surface area contributed by atoms with E-state index < -0.39 is 12.0 Å². The van der Waals surface area contributed by atoms with E-state index in [0.717, 1.165) is 4.52 Å². The van der Waals surface area contributed by atoms with Gasteiger partial charge in [-0.15, -0.1) is 5.10 Å². The summed E-state index contributed by atoms with van der Waals surface area (Å²) in [6.45, 7) is 0.0825. The summed E-state index contributed by atoms with van der Waals surface area (Å²) in [5.41, 5.74) is 7.60. The van der Waals surface area contributed by atoms with Crippen LogP contribution in [0.2, 0.25) is 0 Å². The molecule has 2 heterocycles. The van der Waals surface area contributed by atoms with Gasteiger partial charge in [0.2, 0.25) is 0 Å². The Balaban J connectivity index is 2.29. The third kappa shape index (κ3) is 2.70. The van der Waals surface area contributed by atoms with Gasteiger partial charge in [-0.05, 0) is 5.56 Å². The lowest BCUT2D eigenvalue weighted by atomic mass is 10.0. The first-order valence-electron chi connectivity index (χ1n) is 6.58. The SMILES string of the molecule is COCc1nc2nc(C(F)(F)F)nn2c(N)c1-c1ccccc1. The van der Waals surface area contributed by atoms with Gasteiger partial charge in [-0.3, -0.25) is 0 Å². The van der Waals surface area contributed by atoms with Gasteiger partial charge in [-0.1, -0.05) is 30.3 Å². The first-order chi connectivity index (χ1) is 10.9. The van der Waals surface area contributed by atoms with Crippen LogP contribution in [-0.2, 0) is 17.5 Å². The van der Waals surface area contributed by atoms with E-state index in [9.17, 15) is 13.2 Å². The maximum absolute atomic E-state index is 12.8. The zero-order valence-corrected chi connectivity index (χ0v) is 12.0. The number of hydrogen-bond donors (Lipinski definition) is 1. The minimum absolute atomic E-state index is 0.0243. The summed E-state index contributed by atoms with van der Waals surface area (Å²) < 4.78 is 44.4. The van der Waals surface area contributed by atoms with E-state index in [2.05, 4.69) is 15.1 Å². The van der Waals surface area contributed by atoms with Gasteiger partial charge in [0.25, 0.3) is 11.6 Å². The number of fused-ring (bicyclic) bond motifs is 1. The minimum Gasteiger partial charge on any atom is -0.383 e. The smallest absolute Gasteiger partial charge is 0.383 e. The van der Waals surface area contributed by atoms with E-state index in [1.54, 1.807) is 24.3 Å². The van der Waals surface area contributed by atoms with Gasteiger partial charge in [-0.2, -0.15) is 22.7 Å². The molecule has 0 fully saturated rings. The molecule has 0 radical (unpaired) electrons. The van der Waals surface area contributed by atoms with Gasteiger partial charge in [0.15, 0.2) is 0 Å². The number of nitrogens with two attached hydrogens (primary N) is 1.